The van der Waals surface area contributed by atoms with Crippen molar-refractivity contribution in [3.05, 3.63) is 107 Å². The Labute approximate surface area is 160 Å². The first-order chi connectivity index (χ1) is 12.2. The van der Waals surface area contributed by atoms with Crippen LogP contribution in [-0.4, -0.2) is 0 Å². The number of hydrogen-bond acceptors (Lipinski definition) is 2. The van der Waals surface area contributed by atoms with Crippen molar-refractivity contribution < 1.29 is 0 Å². The summed E-state index contributed by atoms with van der Waals surface area (Å²) in [6.45, 7) is 4.40. The molecule has 0 heterocycles. The first kappa shape index (κ1) is 18.2. The van der Waals surface area contributed by atoms with Crippen molar-refractivity contribution in [3.8, 4) is 0 Å². The lowest BCUT2D eigenvalue weighted by molar-refractivity contribution is 1.27. The van der Waals surface area contributed by atoms with Crippen molar-refractivity contribution in [1.82, 2.24) is 0 Å². The zero-order valence-electron chi connectivity index (χ0n) is 14.8. The van der Waals surface area contributed by atoms with E-state index in [9.17, 15) is 0 Å². The predicted octanol–water partition coefficient (Wildman–Crippen LogP) is 7.17. The molecule has 3 aromatic rings. The van der Waals surface area contributed by atoms with E-state index in [-0.39, 0.29) is 0 Å². The molecule has 0 saturated carbocycles. The van der Waals surface area contributed by atoms with Crippen molar-refractivity contribution in [2.45, 2.75) is 29.9 Å². The summed E-state index contributed by atoms with van der Waals surface area (Å²) in [5, 5.41) is 0. The van der Waals surface area contributed by atoms with Gasteiger partial charge in [0.25, 0.3) is 0 Å². The van der Waals surface area contributed by atoms with Crippen LogP contribution in [0.1, 0.15) is 32.4 Å². The standard InChI is InChI=1S/C23H24S2/c1-18-10-6-8-14-21(18)16-24-23(20-12-4-3-5-13-20)25-17-22-15-9-7-11-19(22)2/h3-15,23H,16-17H2,1-2H3. The van der Waals surface area contributed by atoms with E-state index in [2.05, 4.69) is 92.7 Å². The van der Waals surface area contributed by atoms with Gasteiger partial charge in [-0.05, 0) is 41.7 Å². The summed E-state index contributed by atoms with van der Waals surface area (Å²) in [5.41, 5.74) is 7.03. The molecule has 0 N–H and O–H groups in total. The second-order valence-electron chi connectivity index (χ2n) is 6.22. The highest BCUT2D eigenvalue weighted by Gasteiger charge is 2.14. The third-order valence-corrected chi connectivity index (χ3v) is 7.30. The second-order valence-corrected chi connectivity index (χ2v) is 8.70. The average molecular weight is 365 g/mol. The monoisotopic (exact) mass is 364 g/mol. The lowest BCUT2D eigenvalue weighted by Gasteiger charge is -2.18. The predicted molar refractivity (Wildman–Crippen MR) is 114 cm³/mol. The Bertz CT molecular complexity index is 746. The molecule has 0 fully saturated rings. The number of rotatable bonds is 7. The van der Waals surface area contributed by atoms with Gasteiger partial charge in [-0.15, -0.1) is 23.5 Å². The van der Waals surface area contributed by atoms with Crippen LogP contribution < -0.4 is 0 Å². The van der Waals surface area contributed by atoms with Gasteiger partial charge in [0.15, 0.2) is 0 Å². The summed E-state index contributed by atoms with van der Waals surface area (Å²) in [7, 11) is 0. The van der Waals surface area contributed by atoms with Crippen LogP contribution in [0, 0.1) is 13.8 Å². The van der Waals surface area contributed by atoms with Crippen LogP contribution in [0.15, 0.2) is 78.9 Å². The van der Waals surface area contributed by atoms with Crippen LogP contribution in [-0.2, 0) is 11.5 Å². The molecule has 25 heavy (non-hydrogen) atoms. The van der Waals surface area contributed by atoms with E-state index in [0.29, 0.717) is 4.58 Å². The molecule has 0 atom stereocenters. The highest BCUT2D eigenvalue weighted by Crippen LogP contribution is 2.43. The Kier molecular flexibility index (Phi) is 6.66. The summed E-state index contributed by atoms with van der Waals surface area (Å²) >= 11 is 4.06. The van der Waals surface area contributed by atoms with Crippen molar-refractivity contribution in [3.63, 3.8) is 0 Å². The van der Waals surface area contributed by atoms with Gasteiger partial charge in [0, 0.05) is 11.5 Å². The molecule has 0 bridgehead atoms. The van der Waals surface area contributed by atoms with E-state index in [1.54, 1.807) is 0 Å². The molecule has 0 aliphatic carbocycles. The summed E-state index contributed by atoms with van der Waals surface area (Å²) in [6.07, 6.45) is 0. The fourth-order valence-corrected chi connectivity index (χ4v) is 5.53. The molecule has 0 aliphatic heterocycles. The summed E-state index contributed by atoms with van der Waals surface area (Å²) in [4.78, 5) is 0. The van der Waals surface area contributed by atoms with E-state index < -0.39 is 0 Å². The van der Waals surface area contributed by atoms with Crippen molar-refractivity contribution in [2.75, 3.05) is 0 Å². The van der Waals surface area contributed by atoms with E-state index in [1.165, 1.54) is 27.8 Å². The van der Waals surface area contributed by atoms with Crippen LogP contribution in [0.2, 0.25) is 0 Å². The van der Waals surface area contributed by atoms with Crippen LogP contribution in [0.25, 0.3) is 0 Å². The number of hydrogen-bond donors (Lipinski definition) is 0. The first-order valence-electron chi connectivity index (χ1n) is 8.61. The van der Waals surface area contributed by atoms with Gasteiger partial charge in [0.1, 0.15) is 0 Å². The van der Waals surface area contributed by atoms with Crippen LogP contribution in [0.4, 0.5) is 0 Å². The Morgan fingerprint density at radius 1 is 0.600 bits per heavy atom. The molecular formula is C23H24S2. The third-order valence-electron chi connectivity index (χ3n) is 4.37. The van der Waals surface area contributed by atoms with Gasteiger partial charge in [0.2, 0.25) is 0 Å². The minimum absolute atomic E-state index is 0.445. The van der Waals surface area contributed by atoms with E-state index in [1.807, 2.05) is 23.5 Å². The van der Waals surface area contributed by atoms with Gasteiger partial charge >= 0.3 is 0 Å². The smallest absolute Gasteiger partial charge is 0.0757 e. The molecule has 0 radical (unpaired) electrons. The molecule has 2 heteroatoms. The summed E-state index contributed by atoms with van der Waals surface area (Å²) in [6, 6.07) is 28.3. The summed E-state index contributed by atoms with van der Waals surface area (Å²) in [5.74, 6) is 2.10. The van der Waals surface area contributed by atoms with Crippen molar-refractivity contribution in [2.24, 2.45) is 0 Å². The van der Waals surface area contributed by atoms with Crippen LogP contribution >= 0.6 is 23.5 Å². The third kappa shape index (κ3) is 5.17. The Morgan fingerprint density at radius 3 is 1.52 bits per heavy atom. The largest absolute Gasteiger partial charge is 0.138 e. The molecule has 3 aromatic carbocycles. The summed E-state index contributed by atoms with van der Waals surface area (Å²) < 4.78 is 0.445. The SMILES string of the molecule is Cc1ccccc1CSC(SCc1ccccc1C)c1ccccc1. The lowest BCUT2D eigenvalue weighted by Crippen LogP contribution is -1.94. The van der Waals surface area contributed by atoms with Crippen molar-refractivity contribution >= 4 is 23.5 Å². The quantitative estimate of drug-likeness (QED) is 0.408. The van der Waals surface area contributed by atoms with Crippen molar-refractivity contribution in [1.29, 1.82) is 0 Å². The number of thioether (sulfide) groups is 2. The van der Waals surface area contributed by atoms with Gasteiger partial charge < -0.3 is 0 Å². The lowest BCUT2D eigenvalue weighted by atomic mass is 10.1. The first-order valence-corrected chi connectivity index (χ1v) is 10.7. The Morgan fingerprint density at radius 2 is 1.04 bits per heavy atom. The highest BCUT2D eigenvalue weighted by atomic mass is 32.2. The fourth-order valence-electron chi connectivity index (χ4n) is 2.73. The topological polar surface area (TPSA) is 0 Å². The van der Waals surface area contributed by atoms with Crippen LogP contribution in [0.5, 0.6) is 0 Å². The van der Waals surface area contributed by atoms with Gasteiger partial charge in [0.05, 0.1) is 4.58 Å². The molecule has 0 amide bonds. The molecule has 3 rings (SSSR count). The minimum atomic E-state index is 0.445. The fraction of sp³-hybridized carbons (Fsp3) is 0.217. The maximum Gasteiger partial charge on any atom is 0.0757 e. The molecule has 0 saturated heterocycles. The highest BCUT2D eigenvalue weighted by molar-refractivity contribution is 8.15. The molecule has 0 aromatic heterocycles. The van der Waals surface area contributed by atoms with Gasteiger partial charge in [-0.25, -0.2) is 0 Å². The zero-order chi connectivity index (χ0) is 17.5. The van der Waals surface area contributed by atoms with Gasteiger partial charge in [-0.1, -0.05) is 78.9 Å². The normalized spacial score (nSPS) is 11.0. The molecule has 0 aliphatic rings. The molecule has 0 spiro atoms. The Balaban J connectivity index is 1.72. The molecular weight excluding hydrogens is 340 g/mol. The van der Waals surface area contributed by atoms with E-state index in [0.717, 1.165) is 11.5 Å². The average Bonchev–Trinajstić information content (AvgIpc) is 2.65. The molecule has 0 unspecified atom stereocenters. The minimum Gasteiger partial charge on any atom is -0.138 e. The van der Waals surface area contributed by atoms with E-state index in [4.69, 9.17) is 0 Å². The maximum absolute atomic E-state index is 2.25. The molecule has 128 valence electrons. The van der Waals surface area contributed by atoms with Gasteiger partial charge in [-0.3, -0.25) is 0 Å². The maximum atomic E-state index is 2.25. The zero-order valence-corrected chi connectivity index (χ0v) is 16.4. The Hall–Kier alpha value is -1.64. The second kappa shape index (κ2) is 9.17. The van der Waals surface area contributed by atoms with Crippen LogP contribution in [0.3, 0.4) is 0 Å². The van der Waals surface area contributed by atoms with E-state index >= 15 is 0 Å². The molecule has 0 nitrogen and oxygen atoms in total. The van der Waals surface area contributed by atoms with Gasteiger partial charge in [-0.2, -0.15) is 0 Å². The number of aryl methyl sites for hydroxylation is 2. The number of benzene rings is 3.